The zero-order valence-corrected chi connectivity index (χ0v) is 18.7. The molecule has 0 atom stereocenters. The molecular weight excluding hydrogens is 422 g/mol. The molecular formula is C20H27N5O3S2. The molecule has 0 bridgehead atoms. The summed E-state index contributed by atoms with van der Waals surface area (Å²) in [5.74, 6) is 0.960. The van der Waals surface area contributed by atoms with Crippen LogP contribution in [-0.4, -0.2) is 58.3 Å². The molecule has 1 aromatic carbocycles. The van der Waals surface area contributed by atoms with E-state index < -0.39 is 10.0 Å². The largest absolute Gasteiger partial charge is 0.353 e. The highest BCUT2D eigenvalue weighted by molar-refractivity contribution is 7.99. The Labute approximate surface area is 181 Å². The minimum Gasteiger partial charge on any atom is -0.353 e. The number of sulfonamides is 1. The molecule has 2 heterocycles. The van der Waals surface area contributed by atoms with Crippen LogP contribution in [0.1, 0.15) is 38.5 Å². The first-order valence-corrected chi connectivity index (χ1v) is 12.8. The van der Waals surface area contributed by atoms with Crippen LogP contribution >= 0.6 is 11.8 Å². The number of nitrogens with zero attached hydrogens (tertiary/aromatic N) is 4. The highest BCUT2D eigenvalue weighted by atomic mass is 32.2. The summed E-state index contributed by atoms with van der Waals surface area (Å²) in [5, 5.41) is 12.2. The summed E-state index contributed by atoms with van der Waals surface area (Å²) in [5.41, 5.74) is 0.785. The molecule has 1 saturated heterocycles. The van der Waals surface area contributed by atoms with Gasteiger partial charge in [-0.2, -0.15) is 4.31 Å². The monoisotopic (exact) mass is 449 g/mol. The highest BCUT2D eigenvalue weighted by Crippen LogP contribution is 2.26. The molecule has 1 saturated carbocycles. The van der Waals surface area contributed by atoms with Gasteiger partial charge in [-0.25, -0.2) is 8.42 Å². The molecule has 1 aromatic heterocycles. The van der Waals surface area contributed by atoms with E-state index in [1.807, 2.05) is 11.6 Å². The SMILES string of the molecule is Cn1c(SCC(=O)NC2CCCC2)nnc1-c1ccc(S(=O)(=O)N2CCCC2)cc1. The van der Waals surface area contributed by atoms with Crippen LogP contribution in [0.3, 0.4) is 0 Å². The van der Waals surface area contributed by atoms with Gasteiger partial charge < -0.3 is 9.88 Å². The fourth-order valence-corrected chi connectivity index (χ4v) is 6.25. The quantitative estimate of drug-likeness (QED) is 0.652. The summed E-state index contributed by atoms with van der Waals surface area (Å²) < 4.78 is 28.7. The third-order valence-corrected chi connectivity index (χ3v) is 8.64. The molecule has 0 radical (unpaired) electrons. The van der Waals surface area contributed by atoms with Crippen molar-refractivity contribution in [1.29, 1.82) is 0 Å². The van der Waals surface area contributed by atoms with E-state index in [4.69, 9.17) is 0 Å². The van der Waals surface area contributed by atoms with Gasteiger partial charge in [0.2, 0.25) is 15.9 Å². The Morgan fingerprint density at radius 3 is 2.43 bits per heavy atom. The van der Waals surface area contributed by atoms with E-state index >= 15 is 0 Å². The number of rotatable bonds is 7. The van der Waals surface area contributed by atoms with Crippen LogP contribution in [0.2, 0.25) is 0 Å². The zero-order chi connectivity index (χ0) is 21.1. The van der Waals surface area contributed by atoms with Crippen LogP contribution in [-0.2, 0) is 21.9 Å². The predicted octanol–water partition coefficient (Wildman–Crippen LogP) is 2.42. The first-order valence-electron chi connectivity index (χ1n) is 10.4. The first-order chi connectivity index (χ1) is 14.4. The molecule has 10 heteroatoms. The molecule has 2 aromatic rings. The summed E-state index contributed by atoms with van der Waals surface area (Å²) in [4.78, 5) is 12.5. The Bertz CT molecular complexity index is 992. The van der Waals surface area contributed by atoms with Gasteiger partial charge in [-0.3, -0.25) is 4.79 Å². The van der Waals surface area contributed by atoms with E-state index in [9.17, 15) is 13.2 Å². The molecule has 1 amide bonds. The van der Waals surface area contributed by atoms with Gasteiger partial charge in [0, 0.05) is 31.7 Å². The standard InChI is InChI=1S/C20H27N5O3S2/c1-24-19(22-23-20(24)29-14-18(26)21-16-6-2-3-7-16)15-8-10-17(11-9-15)30(27,28)25-12-4-5-13-25/h8-11,16H,2-7,12-14H2,1H3,(H,21,26). The number of thioether (sulfide) groups is 1. The van der Waals surface area contributed by atoms with E-state index in [1.165, 1.54) is 28.9 Å². The maximum atomic E-state index is 12.7. The van der Waals surface area contributed by atoms with Gasteiger partial charge in [0.15, 0.2) is 11.0 Å². The van der Waals surface area contributed by atoms with Crippen LogP contribution in [0.25, 0.3) is 11.4 Å². The van der Waals surface area contributed by atoms with Crippen molar-refractivity contribution in [1.82, 2.24) is 24.4 Å². The molecule has 1 aliphatic heterocycles. The Morgan fingerprint density at radius 2 is 1.77 bits per heavy atom. The summed E-state index contributed by atoms with van der Waals surface area (Å²) in [7, 11) is -1.58. The molecule has 1 aliphatic carbocycles. The molecule has 0 unspecified atom stereocenters. The number of hydrogen-bond acceptors (Lipinski definition) is 6. The number of nitrogens with one attached hydrogen (secondary N) is 1. The average Bonchev–Trinajstić information content (AvgIpc) is 3.50. The lowest BCUT2D eigenvalue weighted by molar-refractivity contribution is -0.119. The van der Waals surface area contributed by atoms with Crippen molar-refractivity contribution in [2.24, 2.45) is 7.05 Å². The van der Waals surface area contributed by atoms with Crippen molar-refractivity contribution >= 4 is 27.7 Å². The molecule has 1 N–H and O–H groups in total. The molecule has 4 rings (SSSR count). The van der Waals surface area contributed by atoms with Crippen LogP contribution in [0.5, 0.6) is 0 Å². The van der Waals surface area contributed by atoms with Gasteiger partial charge in [-0.15, -0.1) is 10.2 Å². The van der Waals surface area contributed by atoms with Gasteiger partial charge in [0.05, 0.1) is 10.6 Å². The molecule has 2 fully saturated rings. The van der Waals surface area contributed by atoms with E-state index in [0.29, 0.717) is 40.8 Å². The number of aromatic nitrogens is 3. The third kappa shape index (κ3) is 4.55. The summed E-state index contributed by atoms with van der Waals surface area (Å²) in [6.07, 6.45) is 6.32. The normalized spacial score (nSPS) is 18.2. The number of carbonyl (C=O) groups excluding carboxylic acids is 1. The summed E-state index contributed by atoms with van der Waals surface area (Å²) >= 11 is 1.35. The molecule has 8 nitrogen and oxygen atoms in total. The lowest BCUT2D eigenvalue weighted by Gasteiger charge is -2.15. The summed E-state index contributed by atoms with van der Waals surface area (Å²) in [6.45, 7) is 1.17. The van der Waals surface area contributed by atoms with Crippen molar-refractivity contribution in [3.05, 3.63) is 24.3 Å². The van der Waals surface area contributed by atoms with Crippen LogP contribution < -0.4 is 5.32 Å². The zero-order valence-electron chi connectivity index (χ0n) is 17.1. The minimum absolute atomic E-state index is 0.0212. The fraction of sp³-hybridized carbons (Fsp3) is 0.550. The van der Waals surface area contributed by atoms with Crippen molar-refractivity contribution < 1.29 is 13.2 Å². The first kappa shape index (κ1) is 21.3. The molecule has 30 heavy (non-hydrogen) atoms. The van der Waals surface area contributed by atoms with E-state index in [-0.39, 0.29) is 5.91 Å². The van der Waals surface area contributed by atoms with E-state index in [0.717, 1.165) is 31.2 Å². The van der Waals surface area contributed by atoms with Gasteiger partial charge in [0.25, 0.3) is 0 Å². The fourth-order valence-electron chi connectivity index (χ4n) is 4.02. The molecule has 0 spiro atoms. The van der Waals surface area contributed by atoms with E-state index in [2.05, 4.69) is 15.5 Å². The van der Waals surface area contributed by atoms with Crippen molar-refractivity contribution in [3.8, 4) is 11.4 Å². The minimum atomic E-state index is -3.43. The topological polar surface area (TPSA) is 97.2 Å². The summed E-state index contributed by atoms with van der Waals surface area (Å²) in [6, 6.07) is 7.07. The Balaban J connectivity index is 1.41. The van der Waals surface area contributed by atoms with Crippen molar-refractivity contribution in [3.63, 3.8) is 0 Å². The molecule has 2 aliphatic rings. The van der Waals surface area contributed by atoms with Crippen LogP contribution in [0.4, 0.5) is 0 Å². The Kier molecular flexibility index (Phi) is 6.45. The van der Waals surface area contributed by atoms with Crippen molar-refractivity contribution in [2.75, 3.05) is 18.8 Å². The van der Waals surface area contributed by atoms with Gasteiger partial charge in [-0.05, 0) is 49.9 Å². The smallest absolute Gasteiger partial charge is 0.243 e. The predicted molar refractivity (Wildman–Crippen MR) is 116 cm³/mol. The third-order valence-electron chi connectivity index (χ3n) is 5.70. The second-order valence-electron chi connectivity index (χ2n) is 7.84. The number of hydrogen-bond donors (Lipinski definition) is 1. The second-order valence-corrected chi connectivity index (χ2v) is 10.7. The van der Waals surface area contributed by atoms with Gasteiger partial charge in [-0.1, -0.05) is 24.6 Å². The second kappa shape index (κ2) is 9.07. The van der Waals surface area contributed by atoms with Crippen LogP contribution in [0.15, 0.2) is 34.3 Å². The number of benzene rings is 1. The van der Waals surface area contributed by atoms with Gasteiger partial charge in [0.1, 0.15) is 0 Å². The molecule has 162 valence electrons. The average molecular weight is 450 g/mol. The van der Waals surface area contributed by atoms with Crippen molar-refractivity contribution in [2.45, 2.75) is 54.6 Å². The highest BCUT2D eigenvalue weighted by Gasteiger charge is 2.27. The Morgan fingerprint density at radius 1 is 1.10 bits per heavy atom. The maximum absolute atomic E-state index is 12.7. The number of carbonyl (C=O) groups is 1. The Hall–Kier alpha value is -1.91. The van der Waals surface area contributed by atoms with Gasteiger partial charge >= 0.3 is 0 Å². The lowest BCUT2D eigenvalue weighted by atomic mass is 10.2. The lowest BCUT2D eigenvalue weighted by Crippen LogP contribution is -2.33. The number of amides is 1. The van der Waals surface area contributed by atoms with E-state index in [1.54, 1.807) is 24.3 Å². The van der Waals surface area contributed by atoms with Crippen LogP contribution in [0, 0.1) is 0 Å². The maximum Gasteiger partial charge on any atom is 0.243 e.